The van der Waals surface area contributed by atoms with Crippen LogP contribution in [0.25, 0.3) is 5.70 Å². The van der Waals surface area contributed by atoms with Crippen LogP contribution in [0.3, 0.4) is 0 Å². The second-order valence-corrected chi connectivity index (χ2v) is 8.06. The van der Waals surface area contributed by atoms with Crippen molar-refractivity contribution < 1.29 is 18.0 Å². The summed E-state index contributed by atoms with van der Waals surface area (Å²) in [4.78, 5) is 6.57. The second kappa shape index (κ2) is 6.73. The minimum Gasteiger partial charge on any atom is -0.323 e. The van der Waals surface area contributed by atoms with Gasteiger partial charge in [0.1, 0.15) is 0 Å². The highest BCUT2D eigenvalue weighted by atomic mass is 35.5. The highest BCUT2D eigenvalue weighted by Gasteiger charge is 2.59. The van der Waals surface area contributed by atoms with Crippen LogP contribution >= 0.6 is 34.5 Å². The number of thiophene rings is 1. The third-order valence-electron chi connectivity index (χ3n) is 4.02. The standard InChI is InChI=1S/C17H15Cl2F3N2OS/c1-8-3-14(26-15(8)9(2)23)13-7-16(25-24-13,17(20,21)22)10-4-11(18)6-12(19)5-10/h3-7,9,24H,23H2,1-2H3. The molecular weight excluding hydrogens is 408 g/mol. The smallest absolute Gasteiger partial charge is 0.323 e. The number of rotatable bonds is 3. The molecule has 1 aromatic heterocycles. The maximum atomic E-state index is 14.0. The van der Waals surface area contributed by atoms with Crippen LogP contribution in [0.15, 0.2) is 30.3 Å². The first-order valence-corrected chi connectivity index (χ1v) is 9.17. The summed E-state index contributed by atoms with van der Waals surface area (Å²) >= 11 is 13.1. The van der Waals surface area contributed by atoms with Crippen LogP contribution in [0.1, 0.15) is 33.8 Å². The van der Waals surface area contributed by atoms with Gasteiger partial charge < -0.3 is 5.73 Å². The number of hydrogen-bond donors (Lipinski definition) is 2. The third kappa shape index (κ3) is 3.34. The number of nitrogens with one attached hydrogen (secondary N) is 1. The van der Waals surface area contributed by atoms with Gasteiger partial charge in [-0.25, -0.2) is 0 Å². The minimum atomic E-state index is -4.73. The number of nitrogens with two attached hydrogens (primary N) is 1. The van der Waals surface area contributed by atoms with Crippen LogP contribution in [0.5, 0.6) is 0 Å². The van der Waals surface area contributed by atoms with Crippen molar-refractivity contribution in [3.63, 3.8) is 0 Å². The van der Waals surface area contributed by atoms with E-state index >= 15 is 0 Å². The number of halogens is 5. The largest absolute Gasteiger partial charge is 0.428 e. The predicted octanol–water partition coefficient (Wildman–Crippen LogP) is 5.72. The van der Waals surface area contributed by atoms with Gasteiger partial charge in [0.2, 0.25) is 5.60 Å². The molecule has 1 aromatic carbocycles. The molecule has 0 radical (unpaired) electrons. The normalized spacial score (nSPS) is 21.5. The molecule has 140 valence electrons. The maximum absolute atomic E-state index is 14.0. The summed E-state index contributed by atoms with van der Waals surface area (Å²) in [6.07, 6.45) is -3.72. The summed E-state index contributed by atoms with van der Waals surface area (Å²) in [5, 5.41) is 0.181. The van der Waals surface area contributed by atoms with Gasteiger partial charge in [-0.3, -0.25) is 10.3 Å². The van der Waals surface area contributed by atoms with Crippen LogP contribution in [0.4, 0.5) is 13.2 Å². The molecule has 2 unspecified atom stereocenters. The van der Waals surface area contributed by atoms with Gasteiger partial charge in [0.05, 0.1) is 10.6 Å². The number of hydrogen-bond acceptors (Lipinski definition) is 4. The Morgan fingerprint density at radius 2 is 1.81 bits per heavy atom. The molecule has 0 saturated heterocycles. The van der Waals surface area contributed by atoms with Crippen LogP contribution in [0, 0.1) is 6.92 Å². The summed E-state index contributed by atoms with van der Waals surface area (Å²) in [6, 6.07) is 5.31. The van der Waals surface area contributed by atoms with Gasteiger partial charge in [-0.2, -0.15) is 13.2 Å². The van der Waals surface area contributed by atoms with Crippen molar-refractivity contribution in [1.82, 2.24) is 5.48 Å². The third-order valence-corrected chi connectivity index (χ3v) is 5.93. The topological polar surface area (TPSA) is 47.3 Å². The molecule has 3 N–H and O–H groups in total. The Bertz CT molecular complexity index is 859. The van der Waals surface area contributed by atoms with E-state index in [1.165, 1.54) is 29.5 Å². The van der Waals surface area contributed by atoms with Crippen LogP contribution < -0.4 is 11.2 Å². The molecule has 9 heteroatoms. The molecule has 2 heterocycles. The predicted molar refractivity (Wildman–Crippen MR) is 98.1 cm³/mol. The molecule has 2 atom stereocenters. The summed E-state index contributed by atoms with van der Waals surface area (Å²) in [7, 11) is 0. The second-order valence-electron chi connectivity index (χ2n) is 6.10. The molecular formula is C17H15Cl2F3N2OS. The highest BCUT2D eigenvalue weighted by molar-refractivity contribution is 7.13. The molecule has 1 aliphatic heterocycles. The summed E-state index contributed by atoms with van der Waals surface area (Å²) in [5.41, 5.74) is 6.56. The Balaban J connectivity index is 2.12. The van der Waals surface area contributed by atoms with Crippen LogP contribution in [-0.2, 0) is 10.4 Å². The van der Waals surface area contributed by atoms with E-state index in [1.54, 1.807) is 6.07 Å². The van der Waals surface area contributed by atoms with Crippen molar-refractivity contribution in [2.24, 2.45) is 5.73 Å². The van der Waals surface area contributed by atoms with E-state index in [1.807, 2.05) is 13.8 Å². The van der Waals surface area contributed by atoms with Gasteiger partial charge in [-0.15, -0.1) is 11.3 Å². The van der Waals surface area contributed by atoms with E-state index in [-0.39, 0.29) is 27.3 Å². The van der Waals surface area contributed by atoms with Crippen molar-refractivity contribution in [1.29, 1.82) is 0 Å². The van der Waals surface area contributed by atoms with Crippen LogP contribution in [-0.4, -0.2) is 6.18 Å². The van der Waals surface area contributed by atoms with E-state index in [4.69, 9.17) is 33.8 Å². The van der Waals surface area contributed by atoms with Gasteiger partial charge in [-0.05, 0) is 49.8 Å². The number of benzene rings is 1. The summed E-state index contributed by atoms with van der Waals surface area (Å²) < 4.78 is 41.9. The summed E-state index contributed by atoms with van der Waals surface area (Å²) in [5.74, 6) is 0. The Kier molecular flexibility index (Phi) is 5.05. The molecule has 0 aliphatic carbocycles. The van der Waals surface area contributed by atoms with Gasteiger partial charge in [0.25, 0.3) is 0 Å². The quantitative estimate of drug-likeness (QED) is 0.664. The molecule has 26 heavy (non-hydrogen) atoms. The SMILES string of the molecule is Cc1cc(C2=CC(c3cc(Cl)cc(Cl)c3)(C(F)(F)F)ON2)sc1C(C)N. The van der Waals surface area contributed by atoms with Gasteiger partial charge in [0.15, 0.2) is 0 Å². The van der Waals surface area contributed by atoms with E-state index in [9.17, 15) is 13.2 Å². The van der Waals surface area contributed by atoms with Crippen LogP contribution in [0.2, 0.25) is 10.0 Å². The summed E-state index contributed by atoms with van der Waals surface area (Å²) in [6.45, 7) is 3.69. The lowest BCUT2D eigenvalue weighted by molar-refractivity contribution is -0.269. The van der Waals surface area contributed by atoms with Gasteiger partial charge >= 0.3 is 6.18 Å². The molecule has 0 fully saturated rings. The van der Waals surface area contributed by atoms with E-state index in [0.29, 0.717) is 4.88 Å². The minimum absolute atomic E-state index is 0.0905. The lowest BCUT2D eigenvalue weighted by atomic mass is 9.92. The molecule has 0 amide bonds. The molecule has 3 nitrogen and oxygen atoms in total. The fourth-order valence-electron chi connectivity index (χ4n) is 2.81. The highest BCUT2D eigenvalue weighted by Crippen LogP contribution is 2.49. The van der Waals surface area contributed by atoms with E-state index < -0.39 is 11.8 Å². The Hall–Kier alpha value is -1.25. The fourth-order valence-corrected chi connectivity index (χ4v) is 4.43. The van der Waals surface area contributed by atoms with Crippen molar-refractivity contribution in [3.8, 4) is 0 Å². The fraction of sp³-hybridized carbons (Fsp3) is 0.294. The lowest BCUT2D eigenvalue weighted by Crippen LogP contribution is -2.42. The molecule has 3 rings (SSSR count). The van der Waals surface area contributed by atoms with Crippen molar-refractivity contribution in [2.45, 2.75) is 31.7 Å². The molecule has 0 spiro atoms. The zero-order chi connectivity index (χ0) is 19.3. The molecule has 2 aromatic rings. The molecule has 0 saturated carbocycles. The van der Waals surface area contributed by atoms with E-state index in [2.05, 4.69) is 5.48 Å². The number of hydroxylamine groups is 1. The average Bonchev–Trinajstić information content (AvgIpc) is 3.10. The lowest BCUT2D eigenvalue weighted by Gasteiger charge is -2.28. The first kappa shape index (κ1) is 19.5. The number of aryl methyl sites for hydroxylation is 1. The monoisotopic (exact) mass is 422 g/mol. The average molecular weight is 423 g/mol. The van der Waals surface area contributed by atoms with Crippen molar-refractivity contribution in [3.05, 3.63) is 61.3 Å². The molecule has 0 bridgehead atoms. The van der Waals surface area contributed by atoms with Gasteiger partial charge in [0, 0.05) is 26.5 Å². The number of alkyl halides is 3. The Morgan fingerprint density at radius 1 is 1.19 bits per heavy atom. The van der Waals surface area contributed by atoms with E-state index in [0.717, 1.165) is 16.5 Å². The zero-order valence-electron chi connectivity index (χ0n) is 13.7. The Morgan fingerprint density at radius 3 is 2.31 bits per heavy atom. The first-order chi connectivity index (χ1) is 12.0. The zero-order valence-corrected chi connectivity index (χ0v) is 16.1. The van der Waals surface area contributed by atoms with Crippen molar-refractivity contribution >= 4 is 40.2 Å². The maximum Gasteiger partial charge on any atom is 0.428 e. The molecule has 1 aliphatic rings. The van der Waals surface area contributed by atoms with Gasteiger partial charge in [-0.1, -0.05) is 23.2 Å². The Labute approximate surface area is 162 Å². The first-order valence-electron chi connectivity index (χ1n) is 7.60. The van der Waals surface area contributed by atoms with Crippen molar-refractivity contribution in [2.75, 3.05) is 0 Å².